The van der Waals surface area contributed by atoms with E-state index in [2.05, 4.69) is 4.98 Å². The van der Waals surface area contributed by atoms with Crippen LogP contribution in [0.3, 0.4) is 0 Å². The molecule has 1 fully saturated rings. The molecule has 0 radical (unpaired) electrons. The van der Waals surface area contributed by atoms with E-state index in [9.17, 15) is 27.6 Å². The Bertz CT molecular complexity index is 1310. The topological polar surface area (TPSA) is 209 Å². The number of carbonyl (C=O) groups excluding carboxylic acids is 3. The number of hydrogen-bond acceptors (Lipinski definition) is 12. The van der Waals surface area contributed by atoms with Gasteiger partial charge in [-0.2, -0.15) is 13.4 Å². The fourth-order valence-corrected chi connectivity index (χ4v) is 4.77. The van der Waals surface area contributed by atoms with Crippen LogP contribution in [0.2, 0.25) is 0 Å². The molecule has 1 amide bonds. The van der Waals surface area contributed by atoms with Crippen LogP contribution in [0.15, 0.2) is 41.3 Å². The number of benzene rings is 1. The monoisotopic (exact) mass is 524 g/mol. The number of esters is 2. The van der Waals surface area contributed by atoms with Gasteiger partial charge in [-0.3, -0.25) is 23.1 Å². The van der Waals surface area contributed by atoms with Crippen molar-refractivity contribution in [2.24, 2.45) is 5.73 Å². The van der Waals surface area contributed by atoms with Crippen LogP contribution >= 0.6 is 0 Å². The third-order valence-electron chi connectivity index (χ3n) is 5.00. The lowest BCUT2D eigenvalue weighted by Crippen LogP contribution is -2.42. The second kappa shape index (κ2) is 10.8. The molecule has 14 nitrogen and oxygen atoms in total. The number of hydrogen-bond donors (Lipinski definition) is 2. The van der Waals surface area contributed by atoms with Gasteiger partial charge in [0.1, 0.15) is 30.4 Å². The van der Waals surface area contributed by atoms with Crippen molar-refractivity contribution < 1.29 is 41.2 Å². The van der Waals surface area contributed by atoms with Gasteiger partial charge in [0, 0.05) is 20.0 Å². The van der Waals surface area contributed by atoms with Crippen LogP contribution < -0.4 is 17.2 Å². The molecule has 0 aliphatic carbocycles. The highest BCUT2D eigenvalue weighted by Crippen LogP contribution is 2.35. The number of rotatable bonds is 9. The molecule has 15 heteroatoms. The van der Waals surface area contributed by atoms with E-state index in [-0.39, 0.29) is 5.56 Å². The summed E-state index contributed by atoms with van der Waals surface area (Å²) in [5, 5.41) is 0. The summed E-state index contributed by atoms with van der Waals surface area (Å²) in [6.45, 7) is 1.66. The smallest absolute Gasteiger partial charge is 0.351 e. The third kappa shape index (κ3) is 6.44. The molecule has 1 aliphatic rings. The maximum absolute atomic E-state index is 12.9. The normalized spacial score (nSPS) is 21.6. The van der Waals surface area contributed by atoms with Crippen molar-refractivity contribution in [1.29, 1.82) is 0 Å². The molecule has 1 aromatic heterocycles. The third-order valence-corrected chi connectivity index (χ3v) is 6.21. The molecule has 0 unspecified atom stereocenters. The molecule has 2 aromatic rings. The Balaban J connectivity index is 2.04. The minimum absolute atomic E-state index is 0.336. The van der Waals surface area contributed by atoms with Gasteiger partial charge in [0.05, 0.1) is 5.56 Å². The van der Waals surface area contributed by atoms with Crippen molar-refractivity contribution in [1.82, 2.24) is 9.55 Å². The summed E-state index contributed by atoms with van der Waals surface area (Å²) in [7, 11) is -4.31. The predicted octanol–water partition coefficient (Wildman–Crippen LogP) is -0.768. The number of amides is 1. The molecule has 4 N–H and O–H groups in total. The summed E-state index contributed by atoms with van der Waals surface area (Å²) in [4.78, 5) is 51.2. The second-order valence-corrected chi connectivity index (χ2v) is 9.38. The van der Waals surface area contributed by atoms with Crippen molar-refractivity contribution in [3.63, 3.8) is 0 Å². The molecule has 36 heavy (non-hydrogen) atoms. The standard InChI is InChI=1S/C21H24N4O10S/c1-11(26)32-9-15-16(35-36(30,31)10-13-6-4-3-5-7-13)17(33-12(2)27)20(34-15)25-8-14(19(23)28)18(22)24-21(25)29/h3-8,15-17,20H,9-10H2,1-2H3,(H2,23,28)(H2,22,24,29)/t15-,16+,17-,20-/m1/s1. The fourth-order valence-electron chi connectivity index (χ4n) is 3.53. The van der Waals surface area contributed by atoms with Crippen LogP contribution in [0.5, 0.6) is 0 Å². The maximum Gasteiger partial charge on any atom is 0.351 e. The number of anilines is 1. The summed E-state index contributed by atoms with van der Waals surface area (Å²) in [5.74, 6) is -3.55. The Labute approximate surface area is 205 Å². The first kappa shape index (κ1) is 26.8. The molecule has 1 saturated heterocycles. The van der Waals surface area contributed by atoms with Gasteiger partial charge < -0.3 is 25.7 Å². The highest BCUT2D eigenvalue weighted by atomic mass is 32.2. The summed E-state index contributed by atoms with van der Waals surface area (Å²) in [6, 6.07) is 8.12. The molecule has 0 spiro atoms. The molecule has 1 aliphatic heterocycles. The molecule has 4 atom stereocenters. The molecule has 1 aromatic carbocycles. The second-order valence-electron chi connectivity index (χ2n) is 7.78. The van der Waals surface area contributed by atoms with E-state index < -0.39 is 76.4 Å². The van der Waals surface area contributed by atoms with Crippen LogP contribution in [0.4, 0.5) is 5.82 Å². The van der Waals surface area contributed by atoms with Crippen LogP contribution in [-0.4, -0.2) is 60.7 Å². The average molecular weight is 525 g/mol. The Morgan fingerprint density at radius 3 is 2.36 bits per heavy atom. The molecular formula is C21H24N4O10S. The van der Waals surface area contributed by atoms with Gasteiger partial charge in [-0.05, 0) is 5.56 Å². The van der Waals surface area contributed by atoms with Gasteiger partial charge in [0.15, 0.2) is 12.3 Å². The van der Waals surface area contributed by atoms with Gasteiger partial charge in [-0.25, -0.2) is 4.79 Å². The lowest BCUT2D eigenvalue weighted by atomic mass is 10.1. The Kier molecular flexibility index (Phi) is 8.07. The van der Waals surface area contributed by atoms with Crippen molar-refractivity contribution in [3.05, 3.63) is 58.1 Å². The van der Waals surface area contributed by atoms with E-state index in [0.717, 1.165) is 24.6 Å². The van der Waals surface area contributed by atoms with Crippen molar-refractivity contribution in [2.45, 2.75) is 44.1 Å². The zero-order valence-corrected chi connectivity index (χ0v) is 20.0. The van der Waals surface area contributed by atoms with E-state index in [0.29, 0.717) is 5.56 Å². The Morgan fingerprint density at radius 2 is 1.78 bits per heavy atom. The van der Waals surface area contributed by atoms with Crippen LogP contribution in [-0.2, 0) is 43.9 Å². The number of aromatic nitrogens is 2. The minimum Gasteiger partial charge on any atom is -0.463 e. The van der Waals surface area contributed by atoms with E-state index in [1.807, 2.05) is 0 Å². The van der Waals surface area contributed by atoms with Crippen molar-refractivity contribution in [3.8, 4) is 0 Å². The van der Waals surface area contributed by atoms with Gasteiger partial charge in [-0.15, -0.1) is 0 Å². The van der Waals surface area contributed by atoms with Crippen molar-refractivity contribution >= 4 is 33.8 Å². The first-order chi connectivity index (χ1) is 16.9. The lowest BCUT2D eigenvalue weighted by Gasteiger charge is -2.24. The van der Waals surface area contributed by atoms with Gasteiger partial charge in [0.2, 0.25) is 0 Å². The number of nitrogens with two attached hydrogens (primary N) is 2. The molecule has 3 rings (SSSR count). The van der Waals surface area contributed by atoms with E-state index in [1.165, 1.54) is 0 Å². The van der Waals surface area contributed by atoms with Gasteiger partial charge in [-0.1, -0.05) is 30.3 Å². The summed E-state index contributed by atoms with van der Waals surface area (Å²) < 4.78 is 47.9. The van der Waals surface area contributed by atoms with E-state index in [4.69, 9.17) is 29.9 Å². The molecule has 0 bridgehead atoms. The maximum atomic E-state index is 12.9. The summed E-state index contributed by atoms with van der Waals surface area (Å²) >= 11 is 0. The SMILES string of the molecule is CC(=O)OC[C@H]1O[C@@H](n2cc(C(N)=O)c(N)nc2=O)[C@H](OC(C)=O)[C@H]1OS(=O)(=O)Cc1ccccc1. The lowest BCUT2D eigenvalue weighted by molar-refractivity contribution is -0.155. The van der Waals surface area contributed by atoms with Crippen molar-refractivity contribution in [2.75, 3.05) is 12.3 Å². The number of nitrogen functional groups attached to an aromatic ring is 1. The zero-order chi connectivity index (χ0) is 26.6. The highest BCUT2D eigenvalue weighted by Gasteiger charge is 2.51. The molecular weight excluding hydrogens is 500 g/mol. The van der Waals surface area contributed by atoms with Crippen LogP contribution in [0, 0.1) is 0 Å². The first-order valence-electron chi connectivity index (χ1n) is 10.5. The summed E-state index contributed by atoms with van der Waals surface area (Å²) in [6.07, 6.45) is -5.00. The zero-order valence-electron chi connectivity index (χ0n) is 19.2. The number of primary amides is 1. The van der Waals surface area contributed by atoms with Crippen LogP contribution in [0.25, 0.3) is 0 Å². The number of ether oxygens (including phenoxy) is 3. The molecule has 0 saturated carbocycles. The highest BCUT2D eigenvalue weighted by molar-refractivity contribution is 7.85. The average Bonchev–Trinajstić information content (AvgIpc) is 3.08. The van der Waals surface area contributed by atoms with Gasteiger partial charge in [0.25, 0.3) is 16.0 Å². The first-order valence-corrected chi connectivity index (χ1v) is 12.0. The Hall–Kier alpha value is -3.82. The summed E-state index contributed by atoms with van der Waals surface area (Å²) in [5.41, 5.74) is 9.93. The van der Waals surface area contributed by atoms with Gasteiger partial charge >= 0.3 is 17.6 Å². The largest absolute Gasteiger partial charge is 0.463 e. The number of nitrogens with zero attached hydrogens (tertiary/aromatic N) is 2. The fraction of sp³-hybridized carbons (Fsp3) is 0.381. The van der Waals surface area contributed by atoms with E-state index in [1.54, 1.807) is 30.3 Å². The minimum atomic E-state index is -4.31. The molecule has 2 heterocycles. The quantitative estimate of drug-likeness (QED) is 0.306. The predicted molar refractivity (Wildman–Crippen MR) is 121 cm³/mol. The molecule has 194 valence electrons. The number of carbonyl (C=O) groups is 3. The van der Waals surface area contributed by atoms with Crippen LogP contribution in [0.1, 0.15) is 36.0 Å². The van der Waals surface area contributed by atoms with E-state index >= 15 is 0 Å². The Morgan fingerprint density at radius 1 is 1.11 bits per heavy atom.